The van der Waals surface area contributed by atoms with Gasteiger partial charge < -0.3 is 9.30 Å². The molecule has 5 nitrogen and oxygen atoms in total. The summed E-state index contributed by atoms with van der Waals surface area (Å²) in [6.07, 6.45) is 5.26. The molecule has 256 valence electrons. The van der Waals surface area contributed by atoms with E-state index in [9.17, 15) is 0 Å². The van der Waals surface area contributed by atoms with Crippen LogP contribution in [0, 0.1) is 39.8 Å². The van der Waals surface area contributed by atoms with Gasteiger partial charge in [0.15, 0.2) is 0 Å². The molecule has 50 heavy (non-hydrogen) atoms. The minimum absolute atomic E-state index is 0. The number of benzene rings is 4. The average molecular weight is 751 g/mol. The standard InChI is InChI=1S/C44H44N4O.Pd/c1-9-10-16-32-21-22-45-41(23-32)47-39-18-12-11-17-37(39)38-20-19-35(27-40(38)47)49-36-25-33(44(6,7)8)24-34(26-36)48-31(5)43(30(4)46-48)42-28(2)14-13-15-29(42)3;/h11-15,17-25H,9-10,16H2,1-8H3;/q-2;+2. The summed E-state index contributed by atoms with van der Waals surface area (Å²) in [4.78, 5) is 4.82. The summed E-state index contributed by atoms with van der Waals surface area (Å²) in [6.45, 7) is 17.5. The molecule has 7 aromatic rings. The number of pyridine rings is 1. The molecule has 0 fully saturated rings. The fraction of sp³-hybridized carbons (Fsp3) is 0.273. The Morgan fingerprint density at radius 3 is 2.28 bits per heavy atom. The summed E-state index contributed by atoms with van der Waals surface area (Å²) in [6, 6.07) is 34.9. The number of hydrogen-bond donors (Lipinski definition) is 0. The van der Waals surface area contributed by atoms with Crippen LogP contribution in [0.25, 0.3) is 44.4 Å². The number of ether oxygens (including phenoxy) is 1. The van der Waals surface area contributed by atoms with Crippen molar-refractivity contribution in [1.82, 2.24) is 19.3 Å². The van der Waals surface area contributed by atoms with Gasteiger partial charge in [0, 0.05) is 34.5 Å². The third-order valence-electron chi connectivity index (χ3n) is 9.58. The van der Waals surface area contributed by atoms with Crippen LogP contribution in [-0.4, -0.2) is 19.3 Å². The monoisotopic (exact) mass is 750 g/mol. The second-order valence-corrected chi connectivity index (χ2v) is 14.3. The molecular weight excluding hydrogens is 707 g/mol. The molecule has 7 rings (SSSR count). The zero-order valence-corrected chi connectivity index (χ0v) is 31.8. The van der Waals surface area contributed by atoms with Crippen LogP contribution in [0.4, 0.5) is 0 Å². The smallest absolute Gasteiger partial charge is 0.509 e. The Balaban J connectivity index is 0.00000432. The van der Waals surface area contributed by atoms with Crippen molar-refractivity contribution in [3.8, 4) is 34.1 Å². The Morgan fingerprint density at radius 2 is 1.54 bits per heavy atom. The number of aromatic nitrogens is 4. The molecule has 3 aromatic heterocycles. The van der Waals surface area contributed by atoms with Gasteiger partial charge in [-0.05, 0) is 97.5 Å². The van der Waals surface area contributed by atoms with Crippen LogP contribution in [-0.2, 0) is 32.3 Å². The first-order chi connectivity index (χ1) is 23.5. The van der Waals surface area contributed by atoms with Crippen molar-refractivity contribution in [2.45, 2.75) is 80.1 Å². The van der Waals surface area contributed by atoms with E-state index in [0.717, 1.165) is 69.5 Å². The molecule has 0 atom stereocenters. The Morgan fingerprint density at radius 1 is 0.780 bits per heavy atom. The SMILES string of the molecule is CCCCc1ccnc(-n2c3[c-]c(Oc4[c-]c(-n5nc(C)c(-c6c(C)cccc6C)c5C)cc(C(C)(C)C)c4)ccc3c3ccccc32)c1.[Pd+2]. The van der Waals surface area contributed by atoms with Gasteiger partial charge in [0.1, 0.15) is 5.82 Å². The molecule has 0 spiro atoms. The second kappa shape index (κ2) is 14.0. The minimum Gasteiger partial charge on any atom is -0.509 e. The van der Waals surface area contributed by atoms with Crippen LogP contribution >= 0.6 is 0 Å². The topological polar surface area (TPSA) is 44.9 Å². The Bertz CT molecular complexity index is 2320. The van der Waals surface area contributed by atoms with Gasteiger partial charge in [-0.3, -0.25) is 4.68 Å². The molecular formula is C44H44N4OPd. The predicted molar refractivity (Wildman–Crippen MR) is 202 cm³/mol. The quantitative estimate of drug-likeness (QED) is 0.115. The summed E-state index contributed by atoms with van der Waals surface area (Å²) in [7, 11) is 0. The molecule has 0 aliphatic heterocycles. The number of aryl methyl sites for hydroxylation is 4. The average Bonchev–Trinajstić information content (AvgIpc) is 3.56. The molecule has 0 radical (unpaired) electrons. The molecule has 0 N–H and O–H groups in total. The first-order valence-electron chi connectivity index (χ1n) is 17.3. The van der Waals surface area contributed by atoms with Gasteiger partial charge in [-0.2, -0.15) is 11.2 Å². The van der Waals surface area contributed by atoms with Gasteiger partial charge in [-0.25, -0.2) is 4.98 Å². The number of fused-ring (bicyclic) bond motifs is 3. The number of unbranched alkanes of at least 4 members (excludes halogenated alkanes) is 1. The summed E-state index contributed by atoms with van der Waals surface area (Å²) in [5, 5.41) is 7.33. The minimum atomic E-state index is -0.123. The molecule has 0 aliphatic rings. The zero-order chi connectivity index (χ0) is 34.4. The number of hydrogen-bond acceptors (Lipinski definition) is 3. The van der Waals surface area contributed by atoms with Gasteiger partial charge in [0.05, 0.1) is 5.69 Å². The van der Waals surface area contributed by atoms with E-state index in [-0.39, 0.29) is 25.8 Å². The van der Waals surface area contributed by atoms with Crippen LogP contribution in [0.1, 0.15) is 74.2 Å². The fourth-order valence-electron chi connectivity index (χ4n) is 6.99. The maximum atomic E-state index is 6.66. The van der Waals surface area contributed by atoms with Crippen LogP contribution in [0.2, 0.25) is 0 Å². The van der Waals surface area contributed by atoms with E-state index in [0.29, 0.717) is 11.5 Å². The van der Waals surface area contributed by atoms with Crippen LogP contribution in [0.3, 0.4) is 0 Å². The molecule has 0 amide bonds. The van der Waals surface area contributed by atoms with Gasteiger partial charge in [-0.1, -0.05) is 76.0 Å². The van der Waals surface area contributed by atoms with Gasteiger partial charge >= 0.3 is 20.4 Å². The van der Waals surface area contributed by atoms with Gasteiger partial charge in [0.25, 0.3) is 0 Å². The van der Waals surface area contributed by atoms with Crippen LogP contribution < -0.4 is 4.74 Å². The molecule has 3 heterocycles. The second-order valence-electron chi connectivity index (χ2n) is 14.3. The fourth-order valence-corrected chi connectivity index (χ4v) is 6.99. The molecule has 0 aliphatic carbocycles. The summed E-state index contributed by atoms with van der Waals surface area (Å²) >= 11 is 0. The van der Waals surface area contributed by atoms with E-state index in [4.69, 9.17) is 14.8 Å². The maximum absolute atomic E-state index is 6.66. The van der Waals surface area contributed by atoms with E-state index in [1.54, 1.807) is 0 Å². The number of para-hydroxylation sites is 1. The molecule has 0 unspecified atom stereocenters. The Hall–Kier alpha value is -4.50. The Kier molecular flexibility index (Phi) is 9.91. The van der Waals surface area contributed by atoms with Crippen molar-refractivity contribution in [3.05, 3.63) is 131 Å². The summed E-state index contributed by atoms with van der Waals surface area (Å²) in [5.74, 6) is 2.14. The number of nitrogens with zero attached hydrogens (tertiary/aromatic N) is 4. The van der Waals surface area contributed by atoms with Crippen molar-refractivity contribution in [1.29, 1.82) is 0 Å². The first kappa shape index (κ1) is 35.3. The zero-order valence-electron chi connectivity index (χ0n) is 30.2. The van der Waals surface area contributed by atoms with E-state index >= 15 is 0 Å². The number of rotatable bonds is 8. The van der Waals surface area contributed by atoms with E-state index in [1.807, 2.05) is 16.9 Å². The largest absolute Gasteiger partial charge is 2.00 e. The first-order valence-corrected chi connectivity index (χ1v) is 17.3. The molecule has 0 bridgehead atoms. The predicted octanol–water partition coefficient (Wildman–Crippen LogP) is 11.3. The van der Waals surface area contributed by atoms with Crippen molar-refractivity contribution in [2.75, 3.05) is 0 Å². The van der Waals surface area contributed by atoms with Crippen LogP contribution in [0.5, 0.6) is 11.5 Å². The maximum Gasteiger partial charge on any atom is 2.00 e. The van der Waals surface area contributed by atoms with Crippen molar-refractivity contribution in [2.24, 2.45) is 0 Å². The van der Waals surface area contributed by atoms with Crippen LogP contribution in [0.15, 0.2) is 85.1 Å². The Labute approximate surface area is 310 Å². The van der Waals surface area contributed by atoms with E-state index < -0.39 is 0 Å². The third kappa shape index (κ3) is 6.55. The normalized spacial score (nSPS) is 11.7. The van der Waals surface area contributed by atoms with E-state index in [2.05, 4.69) is 145 Å². The third-order valence-corrected chi connectivity index (χ3v) is 9.58. The molecule has 0 saturated carbocycles. The van der Waals surface area contributed by atoms with Crippen molar-refractivity contribution >= 4 is 21.8 Å². The summed E-state index contributed by atoms with van der Waals surface area (Å²) in [5.41, 5.74) is 12.2. The van der Waals surface area contributed by atoms with Crippen molar-refractivity contribution < 1.29 is 25.2 Å². The van der Waals surface area contributed by atoms with Crippen molar-refractivity contribution in [3.63, 3.8) is 0 Å². The molecule has 4 aromatic carbocycles. The van der Waals surface area contributed by atoms with Gasteiger partial charge in [0.2, 0.25) is 0 Å². The molecule has 6 heteroatoms. The van der Waals surface area contributed by atoms with E-state index in [1.165, 1.54) is 27.8 Å². The molecule has 0 saturated heterocycles. The van der Waals surface area contributed by atoms with Gasteiger partial charge in [-0.15, -0.1) is 41.3 Å². The summed E-state index contributed by atoms with van der Waals surface area (Å²) < 4.78 is 10.9.